The predicted octanol–water partition coefficient (Wildman–Crippen LogP) is 3.86. The zero-order chi connectivity index (χ0) is 22.0. The molecule has 156 valence electrons. The summed E-state index contributed by atoms with van der Waals surface area (Å²) in [5, 5.41) is 9.72. The standard InChI is InChI=1S/C23H17NO7/c1-14(23(27)28)24-18(12-17-6-3-9-30-17)22(26)20(21(24)19-7-4-10-31-19)15(13-25)11-16-5-2-8-29-16/h2-14H,1H3,(H,27,28)/t14-/m0/s1. The molecule has 0 aromatic carbocycles. The average Bonchev–Trinajstić information content (AvgIpc) is 3.55. The Hall–Kier alpha value is -4.33. The highest BCUT2D eigenvalue weighted by molar-refractivity contribution is 6.25. The molecule has 4 heterocycles. The van der Waals surface area contributed by atoms with Gasteiger partial charge in [-0.1, -0.05) is 0 Å². The molecule has 1 aliphatic heterocycles. The molecule has 31 heavy (non-hydrogen) atoms. The fourth-order valence-electron chi connectivity index (χ4n) is 3.36. The summed E-state index contributed by atoms with van der Waals surface area (Å²) in [5.74, 6) is -0.741. The molecule has 0 fully saturated rings. The first-order valence-corrected chi connectivity index (χ1v) is 9.32. The lowest BCUT2D eigenvalue weighted by molar-refractivity contribution is -0.140. The topological polar surface area (TPSA) is 114 Å². The zero-order valence-corrected chi connectivity index (χ0v) is 16.3. The van der Waals surface area contributed by atoms with E-state index in [-0.39, 0.29) is 28.3 Å². The number of aliphatic carboxylic acids is 1. The highest BCUT2D eigenvalue weighted by Crippen LogP contribution is 2.41. The lowest BCUT2D eigenvalue weighted by Crippen LogP contribution is -2.35. The van der Waals surface area contributed by atoms with Crippen LogP contribution in [0, 0.1) is 0 Å². The van der Waals surface area contributed by atoms with Gasteiger partial charge in [-0.05, 0) is 49.4 Å². The van der Waals surface area contributed by atoms with Crippen LogP contribution >= 0.6 is 0 Å². The molecule has 4 rings (SSSR count). The van der Waals surface area contributed by atoms with Crippen molar-refractivity contribution in [3.05, 3.63) is 89.3 Å². The number of nitrogens with zero attached hydrogens (tertiary/aromatic N) is 1. The number of carbonyl (C=O) groups excluding carboxylic acids is 2. The van der Waals surface area contributed by atoms with Gasteiger partial charge in [-0.25, -0.2) is 4.79 Å². The van der Waals surface area contributed by atoms with Gasteiger partial charge >= 0.3 is 5.97 Å². The molecule has 0 saturated carbocycles. The van der Waals surface area contributed by atoms with Crippen LogP contribution < -0.4 is 0 Å². The van der Waals surface area contributed by atoms with Gasteiger partial charge in [-0.15, -0.1) is 0 Å². The summed E-state index contributed by atoms with van der Waals surface area (Å²) in [6, 6.07) is 8.62. The van der Waals surface area contributed by atoms with E-state index in [1.54, 1.807) is 36.4 Å². The molecule has 0 aliphatic carbocycles. The number of hydrogen-bond acceptors (Lipinski definition) is 7. The first-order chi connectivity index (χ1) is 15.0. The van der Waals surface area contributed by atoms with E-state index in [1.165, 1.54) is 42.8 Å². The SMILES string of the molecule is C[C@@H](C(=O)O)N1C(=Cc2ccco2)C(=O)C(C(C=O)=Cc2ccco2)=C1c1ccco1. The molecular formula is C23H17NO7. The molecule has 8 nitrogen and oxygen atoms in total. The Bertz CT molecular complexity index is 1190. The van der Waals surface area contributed by atoms with Gasteiger partial charge < -0.3 is 23.3 Å². The van der Waals surface area contributed by atoms with Gasteiger partial charge in [0.15, 0.2) is 12.0 Å². The minimum absolute atomic E-state index is 0.00672. The maximum atomic E-state index is 13.5. The van der Waals surface area contributed by atoms with Crippen molar-refractivity contribution in [2.75, 3.05) is 0 Å². The van der Waals surface area contributed by atoms with Crippen LogP contribution in [0.15, 0.2) is 85.3 Å². The fourth-order valence-corrected chi connectivity index (χ4v) is 3.36. The van der Waals surface area contributed by atoms with E-state index < -0.39 is 17.8 Å². The molecular weight excluding hydrogens is 402 g/mol. The highest BCUT2D eigenvalue weighted by atomic mass is 16.4. The minimum atomic E-state index is -1.16. The number of allylic oxidation sites excluding steroid dienone is 2. The Morgan fingerprint density at radius 3 is 2.23 bits per heavy atom. The van der Waals surface area contributed by atoms with Gasteiger partial charge in [0, 0.05) is 11.6 Å². The third-order valence-corrected chi connectivity index (χ3v) is 4.77. The Kier molecular flexibility index (Phi) is 5.28. The van der Waals surface area contributed by atoms with E-state index in [2.05, 4.69) is 0 Å². The number of furan rings is 3. The molecule has 0 amide bonds. The van der Waals surface area contributed by atoms with E-state index >= 15 is 0 Å². The number of carboxylic acids is 1. The normalized spacial score (nSPS) is 16.9. The Morgan fingerprint density at radius 2 is 1.68 bits per heavy atom. The highest BCUT2D eigenvalue weighted by Gasteiger charge is 2.42. The first kappa shape index (κ1) is 20.0. The van der Waals surface area contributed by atoms with Crippen LogP contribution in [0.3, 0.4) is 0 Å². The Labute approximate surface area is 176 Å². The summed E-state index contributed by atoms with van der Waals surface area (Å²) in [5.41, 5.74) is 0.245. The average molecular weight is 419 g/mol. The molecule has 8 heteroatoms. The van der Waals surface area contributed by atoms with Crippen molar-refractivity contribution < 1.29 is 32.7 Å². The molecule has 0 unspecified atom stereocenters. The molecule has 0 saturated heterocycles. The molecule has 3 aromatic rings. The number of carbonyl (C=O) groups is 3. The second kappa shape index (κ2) is 8.19. The quantitative estimate of drug-likeness (QED) is 0.454. The Balaban J connectivity index is 1.98. The summed E-state index contributed by atoms with van der Waals surface area (Å²) in [4.78, 5) is 38.8. The summed E-state index contributed by atoms with van der Waals surface area (Å²) in [6.45, 7) is 1.44. The number of carboxylic acid groups (broad SMARTS) is 1. The zero-order valence-electron chi connectivity index (χ0n) is 16.3. The third kappa shape index (κ3) is 3.66. The van der Waals surface area contributed by atoms with Crippen LogP contribution in [0.25, 0.3) is 17.8 Å². The van der Waals surface area contributed by atoms with Crippen molar-refractivity contribution >= 4 is 35.9 Å². The number of ketones is 1. The molecule has 0 radical (unpaired) electrons. The second-order valence-corrected chi connectivity index (χ2v) is 6.69. The van der Waals surface area contributed by atoms with Gasteiger partial charge in [-0.2, -0.15) is 0 Å². The van der Waals surface area contributed by atoms with E-state index in [0.717, 1.165) is 0 Å². The smallest absolute Gasteiger partial charge is 0.326 e. The van der Waals surface area contributed by atoms with E-state index in [1.807, 2.05) is 0 Å². The predicted molar refractivity (Wildman–Crippen MR) is 109 cm³/mol. The molecule has 1 aliphatic rings. The van der Waals surface area contributed by atoms with Crippen LogP contribution in [-0.4, -0.2) is 34.1 Å². The van der Waals surface area contributed by atoms with E-state index in [4.69, 9.17) is 13.3 Å². The molecule has 3 aromatic heterocycles. The van der Waals surface area contributed by atoms with Crippen molar-refractivity contribution in [3.8, 4) is 0 Å². The fraction of sp³-hybridized carbons (Fsp3) is 0.0870. The van der Waals surface area contributed by atoms with Crippen LogP contribution in [0.2, 0.25) is 0 Å². The van der Waals surface area contributed by atoms with Gasteiger partial charge in [0.1, 0.15) is 17.6 Å². The van der Waals surface area contributed by atoms with Crippen LogP contribution in [0.5, 0.6) is 0 Å². The lowest BCUT2D eigenvalue weighted by atomic mass is 10.00. The van der Waals surface area contributed by atoms with Gasteiger partial charge in [0.2, 0.25) is 5.78 Å². The molecule has 1 atom stereocenters. The van der Waals surface area contributed by atoms with Crippen molar-refractivity contribution in [1.82, 2.24) is 4.90 Å². The number of Topliss-reactive ketones (excluding diaryl/α,β-unsaturated/α-hetero) is 1. The summed E-state index contributed by atoms with van der Waals surface area (Å²) in [6.07, 6.45) is 7.66. The summed E-state index contributed by atoms with van der Waals surface area (Å²) < 4.78 is 16.1. The number of aldehydes is 1. The van der Waals surface area contributed by atoms with E-state index in [0.29, 0.717) is 17.8 Å². The second-order valence-electron chi connectivity index (χ2n) is 6.69. The summed E-state index contributed by atoms with van der Waals surface area (Å²) in [7, 11) is 0. The largest absolute Gasteiger partial charge is 0.480 e. The van der Waals surface area contributed by atoms with Crippen LogP contribution in [0.4, 0.5) is 0 Å². The molecule has 1 N–H and O–H groups in total. The first-order valence-electron chi connectivity index (χ1n) is 9.32. The molecule has 0 bridgehead atoms. The Morgan fingerprint density at radius 1 is 1.03 bits per heavy atom. The van der Waals surface area contributed by atoms with Crippen LogP contribution in [-0.2, 0) is 14.4 Å². The lowest BCUT2D eigenvalue weighted by Gasteiger charge is -2.26. The van der Waals surface area contributed by atoms with Gasteiger partial charge in [0.25, 0.3) is 0 Å². The summed E-state index contributed by atoms with van der Waals surface area (Å²) >= 11 is 0. The number of hydrogen-bond donors (Lipinski definition) is 1. The van der Waals surface area contributed by atoms with E-state index in [9.17, 15) is 19.5 Å². The van der Waals surface area contributed by atoms with Crippen molar-refractivity contribution in [3.63, 3.8) is 0 Å². The third-order valence-electron chi connectivity index (χ3n) is 4.77. The maximum Gasteiger partial charge on any atom is 0.326 e. The number of rotatable bonds is 7. The minimum Gasteiger partial charge on any atom is -0.480 e. The van der Waals surface area contributed by atoms with Crippen molar-refractivity contribution in [2.24, 2.45) is 0 Å². The maximum absolute atomic E-state index is 13.5. The van der Waals surface area contributed by atoms with Crippen molar-refractivity contribution in [1.29, 1.82) is 0 Å². The van der Waals surface area contributed by atoms with Crippen LogP contribution in [0.1, 0.15) is 24.2 Å². The van der Waals surface area contributed by atoms with Gasteiger partial charge in [0.05, 0.1) is 35.8 Å². The monoisotopic (exact) mass is 419 g/mol. The molecule has 0 spiro atoms. The van der Waals surface area contributed by atoms with Gasteiger partial charge in [-0.3, -0.25) is 9.59 Å². The van der Waals surface area contributed by atoms with Crippen molar-refractivity contribution in [2.45, 2.75) is 13.0 Å².